The van der Waals surface area contributed by atoms with Crippen LogP contribution in [0, 0.1) is 6.92 Å². The van der Waals surface area contributed by atoms with Gasteiger partial charge in [0.05, 0.1) is 5.75 Å². The van der Waals surface area contributed by atoms with Crippen LogP contribution >= 0.6 is 11.8 Å². The van der Waals surface area contributed by atoms with Crippen molar-refractivity contribution in [1.29, 1.82) is 0 Å². The lowest BCUT2D eigenvalue weighted by atomic mass is 9.96. The Morgan fingerprint density at radius 2 is 2.00 bits per heavy atom. The van der Waals surface area contributed by atoms with Gasteiger partial charge in [0, 0.05) is 11.1 Å². The largest absolute Gasteiger partial charge is 0.336 e. The quantitative estimate of drug-likeness (QED) is 0.667. The molecule has 0 radical (unpaired) electrons. The van der Waals surface area contributed by atoms with Crippen LogP contribution in [0.3, 0.4) is 0 Å². The minimum atomic E-state index is -0.191. The lowest BCUT2D eigenvalue weighted by Crippen LogP contribution is -2.24. The first-order valence-corrected chi connectivity index (χ1v) is 7.97. The van der Waals surface area contributed by atoms with Crippen LogP contribution in [-0.2, 0) is 10.2 Å². The van der Waals surface area contributed by atoms with Crippen molar-refractivity contribution >= 4 is 23.4 Å². The maximum Gasteiger partial charge on any atom is 0.234 e. The van der Waals surface area contributed by atoms with Gasteiger partial charge in [0.1, 0.15) is 0 Å². The van der Waals surface area contributed by atoms with Crippen LogP contribution in [0.4, 0.5) is 5.69 Å². The van der Waals surface area contributed by atoms with E-state index in [4.69, 9.17) is 5.84 Å². The summed E-state index contributed by atoms with van der Waals surface area (Å²) in [6, 6.07) is 7.66. The number of aromatic nitrogens is 3. The Bertz CT molecular complexity index is 675. The van der Waals surface area contributed by atoms with Crippen molar-refractivity contribution in [3.8, 4) is 0 Å². The zero-order valence-corrected chi connectivity index (χ0v) is 14.1. The van der Waals surface area contributed by atoms with E-state index in [-0.39, 0.29) is 17.1 Å². The molecule has 7 heteroatoms. The SMILES string of the molecule is Cc1ccccc1NC(=O)CSc1nnc(C(C)(C)C)n1N. The summed E-state index contributed by atoms with van der Waals surface area (Å²) in [4.78, 5) is 12.0. The first-order chi connectivity index (χ1) is 10.3. The lowest BCUT2D eigenvalue weighted by Gasteiger charge is -2.16. The molecule has 6 nitrogen and oxygen atoms in total. The van der Waals surface area contributed by atoms with Crippen LogP contribution in [0.25, 0.3) is 0 Å². The molecule has 2 rings (SSSR count). The number of anilines is 1. The number of nitrogens with zero attached hydrogens (tertiary/aromatic N) is 3. The maximum absolute atomic E-state index is 12.0. The Balaban J connectivity index is 1.98. The number of nitrogens with two attached hydrogens (primary N) is 1. The van der Waals surface area contributed by atoms with E-state index in [9.17, 15) is 4.79 Å². The second-order valence-corrected chi connectivity index (χ2v) is 7.02. The molecule has 0 unspecified atom stereocenters. The van der Waals surface area contributed by atoms with E-state index in [1.807, 2.05) is 52.0 Å². The molecule has 0 fully saturated rings. The fourth-order valence-electron chi connectivity index (χ4n) is 1.92. The van der Waals surface area contributed by atoms with Gasteiger partial charge >= 0.3 is 0 Å². The van der Waals surface area contributed by atoms with Crippen LogP contribution in [-0.4, -0.2) is 26.5 Å². The summed E-state index contributed by atoms with van der Waals surface area (Å²) in [6.07, 6.45) is 0. The van der Waals surface area contributed by atoms with Gasteiger partial charge in [0.15, 0.2) is 5.82 Å². The molecule has 118 valence electrons. The summed E-state index contributed by atoms with van der Waals surface area (Å²) >= 11 is 1.27. The molecule has 2 aromatic rings. The molecule has 0 saturated heterocycles. The minimum Gasteiger partial charge on any atom is -0.336 e. The van der Waals surface area contributed by atoms with E-state index < -0.39 is 0 Å². The van der Waals surface area contributed by atoms with Gasteiger partial charge < -0.3 is 11.2 Å². The number of amides is 1. The van der Waals surface area contributed by atoms with Gasteiger partial charge in [-0.25, -0.2) is 4.68 Å². The van der Waals surface area contributed by atoms with Gasteiger partial charge in [-0.15, -0.1) is 10.2 Å². The van der Waals surface area contributed by atoms with Crippen molar-refractivity contribution in [2.24, 2.45) is 0 Å². The molecular weight excluding hydrogens is 298 g/mol. The molecule has 0 aliphatic carbocycles. The van der Waals surface area contributed by atoms with E-state index in [0.29, 0.717) is 11.0 Å². The van der Waals surface area contributed by atoms with Crippen molar-refractivity contribution in [2.75, 3.05) is 16.9 Å². The highest BCUT2D eigenvalue weighted by atomic mass is 32.2. The normalized spacial score (nSPS) is 11.5. The summed E-state index contributed by atoms with van der Waals surface area (Å²) in [6.45, 7) is 7.99. The maximum atomic E-state index is 12.0. The number of hydrogen-bond donors (Lipinski definition) is 2. The summed E-state index contributed by atoms with van der Waals surface area (Å²) in [5, 5.41) is 11.6. The van der Waals surface area contributed by atoms with Crippen LogP contribution in [0.2, 0.25) is 0 Å². The zero-order chi connectivity index (χ0) is 16.3. The third-order valence-corrected chi connectivity index (χ3v) is 4.03. The number of hydrogen-bond acceptors (Lipinski definition) is 5. The number of carbonyl (C=O) groups is 1. The predicted octanol–water partition coefficient (Wildman–Crippen LogP) is 2.33. The van der Waals surface area contributed by atoms with Gasteiger partial charge in [-0.2, -0.15) is 0 Å². The Hall–Kier alpha value is -2.02. The molecule has 22 heavy (non-hydrogen) atoms. The average Bonchev–Trinajstić information content (AvgIpc) is 2.80. The minimum absolute atomic E-state index is 0.0976. The fraction of sp³-hybridized carbons (Fsp3) is 0.400. The number of rotatable bonds is 4. The molecule has 0 bridgehead atoms. The predicted molar refractivity (Wildman–Crippen MR) is 89.4 cm³/mol. The number of para-hydroxylation sites is 1. The zero-order valence-electron chi connectivity index (χ0n) is 13.3. The van der Waals surface area contributed by atoms with Crippen molar-refractivity contribution in [3.63, 3.8) is 0 Å². The summed E-state index contributed by atoms with van der Waals surface area (Å²) < 4.78 is 1.45. The van der Waals surface area contributed by atoms with E-state index in [1.165, 1.54) is 16.4 Å². The Morgan fingerprint density at radius 1 is 1.32 bits per heavy atom. The number of benzene rings is 1. The number of nitrogen functional groups attached to an aromatic ring is 1. The smallest absolute Gasteiger partial charge is 0.234 e. The van der Waals surface area contributed by atoms with Gasteiger partial charge in [-0.1, -0.05) is 50.7 Å². The molecule has 1 aromatic carbocycles. The van der Waals surface area contributed by atoms with Gasteiger partial charge in [0.25, 0.3) is 0 Å². The number of carbonyl (C=O) groups excluding carboxylic acids is 1. The van der Waals surface area contributed by atoms with Crippen LogP contribution in [0.15, 0.2) is 29.4 Å². The summed E-state index contributed by atoms with van der Waals surface area (Å²) in [5.41, 5.74) is 1.65. The van der Waals surface area contributed by atoms with E-state index in [2.05, 4.69) is 15.5 Å². The second kappa shape index (κ2) is 6.39. The van der Waals surface area contributed by atoms with E-state index in [1.54, 1.807) is 0 Å². The topological polar surface area (TPSA) is 85.8 Å². The van der Waals surface area contributed by atoms with E-state index in [0.717, 1.165) is 11.3 Å². The number of thioether (sulfide) groups is 1. The molecule has 1 heterocycles. The molecule has 0 aliphatic heterocycles. The standard InChI is InChI=1S/C15H21N5OS/c1-10-7-5-6-8-11(10)17-12(21)9-22-14-19-18-13(20(14)16)15(2,3)4/h5-8H,9,16H2,1-4H3,(H,17,21). The monoisotopic (exact) mass is 319 g/mol. The van der Waals surface area contributed by atoms with E-state index >= 15 is 0 Å². The Kier molecular flexibility index (Phi) is 4.75. The fourth-order valence-corrected chi connectivity index (χ4v) is 2.57. The van der Waals surface area contributed by atoms with Crippen molar-refractivity contribution in [3.05, 3.63) is 35.7 Å². The molecule has 3 N–H and O–H groups in total. The molecule has 1 amide bonds. The molecular formula is C15H21N5OS. The third-order valence-electron chi connectivity index (χ3n) is 3.09. The molecule has 0 aliphatic rings. The number of aryl methyl sites for hydroxylation is 1. The second-order valence-electron chi connectivity index (χ2n) is 6.08. The van der Waals surface area contributed by atoms with Crippen molar-refractivity contribution in [2.45, 2.75) is 38.3 Å². The molecule has 0 saturated carbocycles. The summed E-state index contributed by atoms with van der Waals surface area (Å²) in [5.74, 6) is 6.81. The molecule has 1 aromatic heterocycles. The Labute approximate surface area is 134 Å². The van der Waals surface area contributed by atoms with Crippen molar-refractivity contribution < 1.29 is 4.79 Å². The third kappa shape index (κ3) is 3.79. The highest BCUT2D eigenvalue weighted by Crippen LogP contribution is 2.23. The van der Waals surface area contributed by atoms with Crippen LogP contribution in [0.1, 0.15) is 32.2 Å². The van der Waals surface area contributed by atoms with Crippen molar-refractivity contribution in [1.82, 2.24) is 14.9 Å². The first kappa shape index (κ1) is 16.4. The lowest BCUT2D eigenvalue weighted by molar-refractivity contribution is -0.113. The first-order valence-electron chi connectivity index (χ1n) is 6.98. The number of nitrogens with one attached hydrogen (secondary N) is 1. The highest BCUT2D eigenvalue weighted by molar-refractivity contribution is 7.99. The van der Waals surface area contributed by atoms with Crippen LogP contribution < -0.4 is 11.2 Å². The summed E-state index contributed by atoms with van der Waals surface area (Å²) in [7, 11) is 0. The average molecular weight is 319 g/mol. The van der Waals surface area contributed by atoms with Gasteiger partial charge in [-0.05, 0) is 18.6 Å². The molecule has 0 atom stereocenters. The molecule has 0 spiro atoms. The van der Waals surface area contributed by atoms with Gasteiger partial charge in [-0.3, -0.25) is 4.79 Å². The van der Waals surface area contributed by atoms with Crippen LogP contribution in [0.5, 0.6) is 0 Å². The highest BCUT2D eigenvalue weighted by Gasteiger charge is 2.23. The Morgan fingerprint density at radius 3 is 2.59 bits per heavy atom. The van der Waals surface area contributed by atoms with Gasteiger partial charge in [0.2, 0.25) is 11.1 Å².